The molecule has 46 heavy (non-hydrogen) atoms. The molecular formula is C35H45N5O6. The van der Waals surface area contributed by atoms with Crippen LogP contribution >= 0.6 is 0 Å². The average Bonchev–Trinajstić information content (AvgIpc) is 3.50. The van der Waals surface area contributed by atoms with E-state index in [0.29, 0.717) is 0 Å². The number of rotatable bonds is 10. The van der Waals surface area contributed by atoms with Crippen LogP contribution in [0.2, 0.25) is 0 Å². The SMILES string of the molecule is CNC(C)C(=O)NC(C(=O)N1CC(NC(=O)c2ccc(C(=O)O)cc2)CC1C(=O)NC1CCCc2ccccc21)C1CCCCC1. The van der Waals surface area contributed by atoms with Crippen LogP contribution < -0.4 is 21.3 Å². The fraction of sp³-hybridized carbons (Fsp3) is 0.514. The molecule has 0 aromatic heterocycles. The van der Waals surface area contributed by atoms with E-state index in [0.717, 1.165) is 56.9 Å². The van der Waals surface area contributed by atoms with Gasteiger partial charge in [-0.25, -0.2) is 4.79 Å². The van der Waals surface area contributed by atoms with Crippen LogP contribution in [-0.2, 0) is 20.8 Å². The van der Waals surface area contributed by atoms with Gasteiger partial charge in [0.25, 0.3) is 5.91 Å². The molecule has 5 N–H and O–H groups in total. The summed E-state index contributed by atoms with van der Waals surface area (Å²) in [6, 6.07) is 10.9. The van der Waals surface area contributed by atoms with E-state index in [9.17, 15) is 29.1 Å². The van der Waals surface area contributed by atoms with E-state index in [1.165, 1.54) is 29.8 Å². The number of likely N-dealkylation sites (tertiary alicyclic amines) is 1. The smallest absolute Gasteiger partial charge is 0.335 e. The van der Waals surface area contributed by atoms with Crippen molar-refractivity contribution in [3.05, 3.63) is 70.8 Å². The third-order valence-corrected chi connectivity index (χ3v) is 9.81. The molecular weight excluding hydrogens is 586 g/mol. The maximum Gasteiger partial charge on any atom is 0.335 e. The lowest BCUT2D eigenvalue weighted by atomic mass is 9.83. The van der Waals surface area contributed by atoms with Crippen molar-refractivity contribution >= 4 is 29.6 Å². The molecule has 246 valence electrons. The second kappa shape index (κ2) is 14.9. The monoisotopic (exact) mass is 631 g/mol. The van der Waals surface area contributed by atoms with Crippen LogP contribution in [0.25, 0.3) is 0 Å². The summed E-state index contributed by atoms with van der Waals surface area (Å²) in [4.78, 5) is 67.5. The van der Waals surface area contributed by atoms with Gasteiger partial charge in [0.05, 0.1) is 17.6 Å². The van der Waals surface area contributed by atoms with Crippen LogP contribution in [0.15, 0.2) is 48.5 Å². The molecule has 4 amide bonds. The van der Waals surface area contributed by atoms with Gasteiger partial charge in [0.1, 0.15) is 12.1 Å². The Labute approximate surface area is 269 Å². The molecule has 1 saturated carbocycles. The summed E-state index contributed by atoms with van der Waals surface area (Å²) >= 11 is 0. The maximum absolute atomic E-state index is 14.4. The van der Waals surface area contributed by atoms with Crippen molar-refractivity contribution < 1.29 is 29.1 Å². The maximum atomic E-state index is 14.4. The summed E-state index contributed by atoms with van der Waals surface area (Å²) in [7, 11) is 1.69. The Bertz CT molecular complexity index is 1440. The third kappa shape index (κ3) is 7.58. The number of carboxylic acid groups (broad SMARTS) is 1. The van der Waals surface area contributed by atoms with Gasteiger partial charge < -0.3 is 31.3 Å². The quantitative estimate of drug-likeness (QED) is 0.270. The number of likely N-dealkylation sites (N-methyl/N-ethyl adjacent to an activating group) is 1. The first-order valence-electron chi connectivity index (χ1n) is 16.5. The number of amides is 4. The molecule has 1 saturated heterocycles. The van der Waals surface area contributed by atoms with Crippen molar-refractivity contribution in [3.63, 3.8) is 0 Å². The van der Waals surface area contributed by atoms with Crippen LogP contribution in [0.5, 0.6) is 0 Å². The Morgan fingerprint density at radius 2 is 1.57 bits per heavy atom. The molecule has 1 heterocycles. The Balaban J connectivity index is 1.39. The largest absolute Gasteiger partial charge is 0.478 e. The topological polar surface area (TPSA) is 157 Å². The van der Waals surface area contributed by atoms with Crippen molar-refractivity contribution in [2.24, 2.45) is 5.92 Å². The number of aromatic carboxylic acids is 1. The summed E-state index contributed by atoms with van der Waals surface area (Å²) < 4.78 is 0. The van der Waals surface area contributed by atoms with Crippen LogP contribution in [0, 0.1) is 5.92 Å². The molecule has 2 aliphatic carbocycles. The van der Waals surface area contributed by atoms with Gasteiger partial charge in [-0.15, -0.1) is 0 Å². The number of fused-ring (bicyclic) bond motifs is 1. The zero-order valence-electron chi connectivity index (χ0n) is 26.6. The van der Waals surface area contributed by atoms with E-state index < -0.39 is 36.0 Å². The van der Waals surface area contributed by atoms with Gasteiger partial charge in [0.15, 0.2) is 0 Å². The van der Waals surface area contributed by atoms with Gasteiger partial charge in [-0.1, -0.05) is 43.5 Å². The molecule has 2 aromatic carbocycles. The van der Waals surface area contributed by atoms with E-state index in [4.69, 9.17) is 0 Å². The normalized spacial score (nSPS) is 22.7. The number of carboxylic acids is 1. The average molecular weight is 632 g/mol. The molecule has 2 aromatic rings. The molecule has 11 nitrogen and oxygen atoms in total. The molecule has 1 aliphatic heterocycles. The number of aryl methyl sites for hydroxylation is 1. The summed E-state index contributed by atoms with van der Waals surface area (Å²) in [5.41, 5.74) is 2.64. The minimum absolute atomic E-state index is 0.0513. The highest BCUT2D eigenvalue weighted by Crippen LogP contribution is 2.32. The van der Waals surface area contributed by atoms with Crippen molar-refractivity contribution in [2.75, 3.05) is 13.6 Å². The fourth-order valence-corrected chi connectivity index (χ4v) is 7.07. The number of carbonyl (C=O) groups is 5. The van der Waals surface area contributed by atoms with Gasteiger partial charge in [-0.2, -0.15) is 0 Å². The van der Waals surface area contributed by atoms with E-state index in [-0.39, 0.29) is 53.8 Å². The number of hydrogen-bond acceptors (Lipinski definition) is 6. The number of hydrogen-bond donors (Lipinski definition) is 5. The first-order chi connectivity index (χ1) is 22.2. The predicted molar refractivity (Wildman–Crippen MR) is 172 cm³/mol. The molecule has 5 unspecified atom stereocenters. The molecule has 0 bridgehead atoms. The summed E-state index contributed by atoms with van der Waals surface area (Å²) in [6.07, 6.45) is 7.52. The summed E-state index contributed by atoms with van der Waals surface area (Å²) in [5.74, 6) is -2.43. The Morgan fingerprint density at radius 3 is 2.26 bits per heavy atom. The van der Waals surface area contributed by atoms with Gasteiger partial charge in [-0.05, 0) is 93.8 Å². The predicted octanol–water partition coefficient (Wildman–Crippen LogP) is 2.95. The molecule has 0 radical (unpaired) electrons. The lowest BCUT2D eigenvalue weighted by Gasteiger charge is -2.35. The molecule has 11 heteroatoms. The van der Waals surface area contributed by atoms with Gasteiger partial charge in [0.2, 0.25) is 17.7 Å². The van der Waals surface area contributed by atoms with Gasteiger partial charge in [-0.3, -0.25) is 19.2 Å². The van der Waals surface area contributed by atoms with Crippen LogP contribution in [0.4, 0.5) is 0 Å². The highest BCUT2D eigenvalue weighted by Gasteiger charge is 2.45. The third-order valence-electron chi connectivity index (χ3n) is 9.81. The number of carbonyl (C=O) groups excluding carboxylic acids is 4. The van der Waals surface area contributed by atoms with E-state index in [1.54, 1.807) is 18.9 Å². The van der Waals surface area contributed by atoms with E-state index in [2.05, 4.69) is 27.3 Å². The second-order valence-electron chi connectivity index (χ2n) is 12.8. The highest BCUT2D eigenvalue weighted by molar-refractivity contribution is 5.97. The first-order valence-corrected chi connectivity index (χ1v) is 16.5. The second-order valence-corrected chi connectivity index (χ2v) is 12.8. The van der Waals surface area contributed by atoms with Crippen molar-refractivity contribution in [2.45, 2.75) is 94.9 Å². The standard InChI is InChI=1S/C35H45N5O6/c1-21(36-2)31(41)39-30(23-10-4-3-5-11-23)34(44)40-20-26(37-32(42)24-15-17-25(18-16-24)35(45)46)19-29(40)33(43)38-28-14-8-12-22-9-6-7-13-27(22)28/h6-7,9,13,15-18,21,23,26,28-30,36H,3-5,8,10-12,14,19-20H2,1-2H3,(H,37,42)(H,38,43)(H,39,41)(H,45,46). The Hall–Kier alpha value is -4.25. The lowest BCUT2D eigenvalue weighted by Crippen LogP contribution is -2.58. The van der Waals surface area contributed by atoms with Crippen molar-refractivity contribution in [1.82, 2.24) is 26.2 Å². The molecule has 5 rings (SSSR count). The number of nitrogens with zero attached hydrogens (tertiary/aromatic N) is 1. The molecule has 2 fully saturated rings. The zero-order valence-corrected chi connectivity index (χ0v) is 26.6. The van der Waals surface area contributed by atoms with Crippen LogP contribution in [0.1, 0.15) is 96.2 Å². The minimum atomic E-state index is -1.09. The van der Waals surface area contributed by atoms with E-state index >= 15 is 0 Å². The summed E-state index contributed by atoms with van der Waals surface area (Å²) in [6.45, 7) is 1.85. The highest BCUT2D eigenvalue weighted by atomic mass is 16.4. The zero-order chi connectivity index (χ0) is 32.8. The fourth-order valence-electron chi connectivity index (χ4n) is 7.07. The Kier molecular flexibility index (Phi) is 10.7. The van der Waals surface area contributed by atoms with Crippen molar-refractivity contribution in [3.8, 4) is 0 Å². The lowest BCUT2D eigenvalue weighted by molar-refractivity contribution is -0.143. The molecule has 0 spiro atoms. The van der Waals surface area contributed by atoms with Gasteiger partial charge in [0, 0.05) is 18.2 Å². The molecule has 5 atom stereocenters. The van der Waals surface area contributed by atoms with Crippen LogP contribution in [-0.4, -0.2) is 77.4 Å². The summed E-state index contributed by atoms with van der Waals surface area (Å²) in [5, 5.41) is 21.3. The minimum Gasteiger partial charge on any atom is -0.478 e. The van der Waals surface area contributed by atoms with E-state index in [1.807, 2.05) is 18.2 Å². The first kappa shape index (κ1) is 33.1. The number of nitrogens with one attached hydrogen (secondary N) is 4. The van der Waals surface area contributed by atoms with Crippen molar-refractivity contribution in [1.29, 1.82) is 0 Å². The molecule has 3 aliphatic rings. The Morgan fingerprint density at radius 1 is 0.870 bits per heavy atom. The van der Waals surface area contributed by atoms with Gasteiger partial charge >= 0.3 is 5.97 Å². The van der Waals surface area contributed by atoms with Crippen LogP contribution in [0.3, 0.4) is 0 Å². The number of benzene rings is 2.